The SMILES string of the molecule is COC(=O)C1CNCCC1c1ccc(F)cc1. The van der Waals surface area contributed by atoms with Gasteiger partial charge >= 0.3 is 5.97 Å². The Balaban J connectivity index is 2.21. The lowest BCUT2D eigenvalue weighted by Gasteiger charge is -2.30. The highest BCUT2D eigenvalue weighted by Crippen LogP contribution is 2.31. The van der Waals surface area contributed by atoms with E-state index in [4.69, 9.17) is 4.74 Å². The molecule has 2 rings (SSSR count). The molecule has 1 aromatic carbocycles. The summed E-state index contributed by atoms with van der Waals surface area (Å²) >= 11 is 0. The lowest BCUT2D eigenvalue weighted by Crippen LogP contribution is -2.40. The lowest BCUT2D eigenvalue weighted by atomic mass is 9.81. The lowest BCUT2D eigenvalue weighted by molar-refractivity contribution is -0.146. The molecule has 1 aliphatic rings. The van der Waals surface area contributed by atoms with Gasteiger partial charge in [-0.3, -0.25) is 4.79 Å². The maximum Gasteiger partial charge on any atom is 0.310 e. The van der Waals surface area contributed by atoms with Gasteiger partial charge in [0, 0.05) is 6.54 Å². The number of carbonyl (C=O) groups excluding carboxylic acids is 1. The molecular weight excluding hydrogens is 221 g/mol. The van der Waals surface area contributed by atoms with E-state index in [1.54, 1.807) is 12.1 Å². The number of piperidine rings is 1. The van der Waals surface area contributed by atoms with Crippen molar-refractivity contribution < 1.29 is 13.9 Å². The highest BCUT2D eigenvalue weighted by molar-refractivity contribution is 5.74. The number of carbonyl (C=O) groups is 1. The summed E-state index contributed by atoms with van der Waals surface area (Å²) in [5.41, 5.74) is 1.00. The van der Waals surface area contributed by atoms with Crippen molar-refractivity contribution in [3.05, 3.63) is 35.6 Å². The molecule has 1 aliphatic heterocycles. The van der Waals surface area contributed by atoms with E-state index in [1.165, 1.54) is 19.2 Å². The molecule has 0 amide bonds. The number of esters is 1. The Morgan fingerprint density at radius 1 is 1.41 bits per heavy atom. The van der Waals surface area contributed by atoms with Crippen LogP contribution in [0, 0.1) is 11.7 Å². The summed E-state index contributed by atoms with van der Waals surface area (Å²) in [5.74, 6) is -0.521. The van der Waals surface area contributed by atoms with E-state index in [0.717, 1.165) is 18.5 Å². The highest BCUT2D eigenvalue weighted by atomic mass is 19.1. The Morgan fingerprint density at radius 2 is 2.12 bits per heavy atom. The maximum atomic E-state index is 12.9. The molecule has 0 aliphatic carbocycles. The van der Waals surface area contributed by atoms with Crippen LogP contribution in [0.3, 0.4) is 0 Å². The zero-order chi connectivity index (χ0) is 12.3. The van der Waals surface area contributed by atoms with Crippen LogP contribution in [0.25, 0.3) is 0 Å². The predicted molar refractivity (Wildman–Crippen MR) is 62.1 cm³/mol. The van der Waals surface area contributed by atoms with Gasteiger partial charge in [0.1, 0.15) is 5.82 Å². The van der Waals surface area contributed by atoms with Gasteiger partial charge in [0.25, 0.3) is 0 Å². The first-order chi connectivity index (χ1) is 8.22. The van der Waals surface area contributed by atoms with Crippen molar-refractivity contribution in [2.24, 2.45) is 5.92 Å². The summed E-state index contributed by atoms with van der Waals surface area (Å²) in [4.78, 5) is 11.7. The van der Waals surface area contributed by atoms with E-state index in [0.29, 0.717) is 6.54 Å². The first-order valence-corrected chi connectivity index (χ1v) is 5.76. The van der Waals surface area contributed by atoms with Gasteiger partial charge in [0.05, 0.1) is 13.0 Å². The van der Waals surface area contributed by atoms with Crippen molar-refractivity contribution in [1.82, 2.24) is 5.32 Å². The van der Waals surface area contributed by atoms with Crippen molar-refractivity contribution in [3.63, 3.8) is 0 Å². The van der Waals surface area contributed by atoms with Crippen molar-refractivity contribution in [3.8, 4) is 0 Å². The van der Waals surface area contributed by atoms with E-state index in [-0.39, 0.29) is 23.6 Å². The molecular formula is C13H16FNO2. The molecule has 4 heteroatoms. The van der Waals surface area contributed by atoms with E-state index in [2.05, 4.69) is 5.32 Å². The third-order valence-electron chi connectivity index (χ3n) is 3.28. The third kappa shape index (κ3) is 2.64. The molecule has 1 N–H and O–H groups in total. The van der Waals surface area contributed by atoms with Crippen LogP contribution >= 0.6 is 0 Å². The molecule has 2 unspecified atom stereocenters. The Morgan fingerprint density at radius 3 is 2.76 bits per heavy atom. The number of hydrogen-bond donors (Lipinski definition) is 1. The molecule has 0 spiro atoms. The Labute approximate surface area is 100.0 Å². The van der Waals surface area contributed by atoms with E-state index >= 15 is 0 Å². The summed E-state index contributed by atoms with van der Waals surface area (Å²) in [6, 6.07) is 6.37. The molecule has 92 valence electrons. The molecule has 0 saturated carbocycles. The van der Waals surface area contributed by atoms with Gasteiger partial charge in [-0.15, -0.1) is 0 Å². The Bertz CT molecular complexity index is 391. The van der Waals surface area contributed by atoms with Crippen molar-refractivity contribution in [2.45, 2.75) is 12.3 Å². The second-order valence-electron chi connectivity index (χ2n) is 4.28. The van der Waals surface area contributed by atoms with Gasteiger partial charge < -0.3 is 10.1 Å². The van der Waals surface area contributed by atoms with Crippen molar-refractivity contribution >= 4 is 5.97 Å². The number of rotatable bonds is 2. The van der Waals surface area contributed by atoms with Gasteiger partial charge in [-0.05, 0) is 36.6 Å². The molecule has 1 saturated heterocycles. The summed E-state index contributed by atoms with van der Waals surface area (Å²) < 4.78 is 17.7. The van der Waals surface area contributed by atoms with Gasteiger partial charge in [-0.2, -0.15) is 0 Å². The monoisotopic (exact) mass is 237 g/mol. The molecule has 1 heterocycles. The van der Waals surface area contributed by atoms with Crippen molar-refractivity contribution in [1.29, 1.82) is 0 Å². The molecule has 2 atom stereocenters. The average Bonchev–Trinajstić information content (AvgIpc) is 2.39. The number of nitrogens with one attached hydrogen (secondary N) is 1. The largest absolute Gasteiger partial charge is 0.469 e. The van der Waals surface area contributed by atoms with Gasteiger partial charge in [0.15, 0.2) is 0 Å². The zero-order valence-corrected chi connectivity index (χ0v) is 9.78. The molecule has 0 radical (unpaired) electrons. The maximum absolute atomic E-state index is 12.9. The minimum atomic E-state index is -0.252. The number of halogens is 1. The second kappa shape index (κ2) is 5.27. The van der Waals surface area contributed by atoms with E-state index < -0.39 is 0 Å². The molecule has 1 fully saturated rings. The quantitative estimate of drug-likeness (QED) is 0.795. The number of ether oxygens (including phenoxy) is 1. The Hall–Kier alpha value is -1.42. The first kappa shape index (κ1) is 12.0. The van der Waals surface area contributed by atoms with Crippen LogP contribution in [0.1, 0.15) is 17.9 Å². The second-order valence-corrected chi connectivity index (χ2v) is 4.28. The molecule has 3 nitrogen and oxygen atoms in total. The molecule has 17 heavy (non-hydrogen) atoms. The molecule has 0 bridgehead atoms. The van der Waals surface area contributed by atoms with Crippen LogP contribution in [0.15, 0.2) is 24.3 Å². The fourth-order valence-electron chi connectivity index (χ4n) is 2.37. The normalized spacial score (nSPS) is 24.4. The average molecular weight is 237 g/mol. The number of benzene rings is 1. The summed E-state index contributed by atoms with van der Waals surface area (Å²) in [5, 5.41) is 3.19. The molecule has 1 aromatic rings. The molecule has 0 aromatic heterocycles. The zero-order valence-electron chi connectivity index (χ0n) is 9.78. The van der Waals surface area contributed by atoms with Crippen LogP contribution in [0.2, 0.25) is 0 Å². The minimum absolute atomic E-state index is 0.115. The van der Waals surface area contributed by atoms with Crippen LogP contribution in [-0.4, -0.2) is 26.2 Å². The van der Waals surface area contributed by atoms with Crippen molar-refractivity contribution in [2.75, 3.05) is 20.2 Å². The van der Waals surface area contributed by atoms with E-state index in [9.17, 15) is 9.18 Å². The summed E-state index contributed by atoms with van der Waals surface area (Å²) in [6.07, 6.45) is 0.866. The standard InChI is InChI=1S/C13H16FNO2/c1-17-13(16)12-8-15-7-6-11(12)9-2-4-10(14)5-3-9/h2-5,11-12,15H,6-8H2,1H3. The topological polar surface area (TPSA) is 38.3 Å². The van der Waals surface area contributed by atoms with Crippen LogP contribution in [0.4, 0.5) is 4.39 Å². The Kier molecular flexibility index (Phi) is 3.74. The highest BCUT2D eigenvalue weighted by Gasteiger charge is 2.32. The summed E-state index contributed by atoms with van der Waals surface area (Å²) in [7, 11) is 1.40. The van der Waals surface area contributed by atoms with Crippen LogP contribution < -0.4 is 5.32 Å². The van der Waals surface area contributed by atoms with Crippen LogP contribution in [0.5, 0.6) is 0 Å². The number of hydrogen-bond acceptors (Lipinski definition) is 3. The van der Waals surface area contributed by atoms with E-state index in [1.807, 2.05) is 0 Å². The van der Waals surface area contributed by atoms with Gasteiger partial charge in [-0.1, -0.05) is 12.1 Å². The fourth-order valence-corrected chi connectivity index (χ4v) is 2.37. The van der Waals surface area contributed by atoms with Crippen LogP contribution in [-0.2, 0) is 9.53 Å². The minimum Gasteiger partial charge on any atom is -0.469 e. The summed E-state index contributed by atoms with van der Waals surface area (Å²) in [6.45, 7) is 1.49. The fraction of sp³-hybridized carbons (Fsp3) is 0.462. The first-order valence-electron chi connectivity index (χ1n) is 5.76. The van der Waals surface area contributed by atoms with Gasteiger partial charge in [0.2, 0.25) is 0 Å². The smallest absolute Gasteiger partial charge is 0.310 e. The third-order valence-corrected chi connectivity index (χ3v) is 3.28. The predicted octanol–water partition coefficient (Wildman–Crippen LogP) is 1.69. The number of methoxy groups -OCH3 is 1. The van der Waals surface area contributed by atoms with Gasteiger partial charge in [-0.25, -0.2) is 4.39 Å².